The molecule has 0 amide bonds. The Labute approximate surface area is 157 Å². The van der Waals surface area contributed by atoms with E-state index in [4.69, 9.17) is 10.3 Å². The first kappa shape index (κ1) is 17.5. The Morgan fingerprint density at radius 3 is 2.71 bits per heavy atom. The van der Waals surface area contributed by atoms with E-state index in [2.05, 4.69) is 15.1 Å². The minimum Gasteiger partial charge on any atom is -0.388 e. The number of hydrogen-bond acceptors (Lipinski definition) is 6. The summed E-state index contributed by atoms with van der Waals surface area (Å²) in [6.45, 7) is 1.08. The van der Waals surface area contributed by atoms with Crippen LogP contribution >= 0.6 is 0 Å². The first-order valence-electron chi connectivity index (χ1n) is 9.16. The van der Waals surface area contributed by atoms with Crippen molar-refractivity contribution in [3.8, 4) is 11.3 Å². The molecule has 2 atom stereocenters. The maximum atomic E-state index is 13.6. The van der Waals surface area contributed by atoms with E-state index >= 15 is 0 Å². The van der Waals surface area contributed by atoms with Gasteiger partial charge in [0.25, 0.3) is 0 Å². The molecule has 0 radical (unpaired) electrons. The van der Waals surface area contributed by atoms with Crippen LogP contribution in [0.4, 0.5) is 19.0 Å². The number of fused-ring (bicyclic) bond motifs is 5. The Hall–Kier alpha value is -2.62. The number of anilines is 1. The van der Waals surface area contributed by atoms with Crippen LogP contribution in [0.5, 0.6) is 0 Å². The van der Waals surface area contributed by atoms with E-state index in [9.17, 15) is 18.3 Å². The van der Waals surface area contributed by atoms with Gasteiger partial charge in [-0.1, -0.05) is 5.16 Å². The van der Waals surface area contributed by atoms with Crippen LogP contribution in [-0.4, -0.2) is 31.0 Å². The number of halogens is 3. The molecular formula is C18H18F3N5O2. The number of aliphatic hydroxyl groups excluding tert-OH is 1. The fourth-order valence-electron chi connectivity index (χ4n) is 4.14. The largest absolute Gasteiger partial charge is 0.408 e. The Balaban J connectivity index is 1.87. The smallest absolute Gasteiger partial charge is 0.388 e. The number of rotatable bonds is 2. The van der Waals surface area contributed by atoms with Crippen LogP contribution in [0.15, 0.2) is 10.9 Å². The van der Waals surface area contributed by atoms with Gasteiger partial charge in [0.15, 0.2) is 0 Å². The first-order chi connectivity index (χ1) is 13.3. The zero-order chi connectivity index (χ0) is 19.8. The third-order valence-corrected chi connectivity index (χ3v) is 5.70. The van der Waals surface area contributed by atoms with E-state index in [1.807, 2.05) is 0 Å². The molecule has 148 valence electrons. The van der Waals surface area contributed by atoms with Crippen molar-refractivity contribution in [1.82, 2.24) is 19.7 Å². The van der Waals surface area contributed by atoms with Crippen molar-refractivity contribution in [2.24, 2.45) is 0 Å². The van der Waals surface area contributed by atoms with Crippen molar-refractivity contribution in [2.45, 2.75) is 56.8 Å². The summed E-state index contributed by atoms with van der Waals surface area (Å²) in [4.78, 5) is 8.09. The zero-order valence-corrected chi connectivity index (χ0v) is 15.0. The second-order valence-electron chi connectivity index (χ2n) is 7.50. The molecule has 3 aromatic rings. The molecule has 0 aromatic carbocycles. The number of alkyl halides is 3. The highest BCUT2D eigenvalue weighted by Gasteiger charge is 2.43. The van der Waals surface area contributed by atoms with Crippen LogP contribution in [0.2, 0.25) is 0 Å². The Kier molecular flexibility index (Phi) is 3.55. The maximum absolute atomic E-state index is 13.6. The summed E-state index contributed by atoms with van der Waals surface area (Å²) in [7, 11) is 0. The van der Waals surface area contributed by atoms with E-state index in [1.165, 1.54) is 0 Å². The average Bonchev–Trinajstić information content (AvgIpc) is 3.32. The molecule has 1 fully saturated rings. The molecule has 0 bridgehead atoms. The van der Waals surface area contributed by atoms with Gasteiger partial charge in [-0.2, -0.15) is 13.2 Å². The van der Waals surface area contributed by atoms with E-state index in [0.717, 1.165) is 30.7 Å². The molecule has 28 heavy (non-hydrogen) atoms. The van der Waals surface area contributed by atoms with Crippen LogP contribution in [0.1, 0.15) is 61.3 Å². The van der Waals surface area contributed by atoms with Crippen molar-refractivity contribution >= 4 is 16.9 Å². The lowest BCUT2D eigenvalue weighted by Crippen LogP contribution is -2.25. The van der Waals surface area contributed by atoms with Gasteiger partial charge in [-0.15, -0.1) is 0 Å². The number of nitrogens with two attached hydrogens (primary N) is 1. The van der Waals surface area contributed by atoms with Crippen LogP contribution in [0.25, 0.3) is 22.3 Å². The SMILES string of the molecule is CC(n1c2c(c3c(N)ncnc31)-c1noc(C3CC3)c1C(O)CC2)C(F)(F)F. The molecule has 3 heterocycles. The summed E-state index contributed by atoms with van der Waals surface area (Å²) >= 11 is 0. The highest BCUT2D eigenvalue weighted by molar-refractivity contribution is 6.02. The molecule has 2 unspecified atom stereocenters. The van der Waals surface area contributed by atoms with E-state index in [0.29, 0.717) is 33.7 Å². The molecule has 0 spiro atoms. The lowest BCUT2D eigenvalue weighted by molar-refractivity contribution is -0.162. The van der Waals surface area contributed by atoms with Gasteiger partial charge < -0.3 is 19.9 Å². The van der Waals surface area contributed by atoms with Gasteiger partial charge in [0.05, 0.1) is 17.1 Å². The summed E-state index contributed by atoms with van der Waals surface area (Å²) in [6.07, 6.45) is -1.80. The Morgan fingerprint density at radius 2 is 2.04 bits per heavy atom. The minimum atomic E-state index is -4.48. The van der Waals surface area contributed by atoms with Gasteiger partial charge in [-0.05, 0) is 32.6 Å². The second-order valence-corrected chi connectivity index (χ2v) is 7.50. The molecule has 1 saturated carbocycles. The van der Waals surface area contributed by atoms with E-state index in [-0.39, 0.29) is 30.2 Å². The predicted molar refractivity (Wildman–Crippen MR) is 93.5 cm³/mol. The first-order valence-corrected chi connectivity index (χ1v) is 9.16. The number of nitrogens with zero attached hydrogens (tertiary/aromatic N) is 4. The highest BCUT2D eigenvalue weighted by atomic mass is 19.4. The average molecular weight is 393 g/mol. The van der Waals surface area contributed by atoms with E-state index in [1.54, 1.807) is 0 Å². The number of nitrogen functional groups attached to an aromatic ring is 1. The summed E-state index contributed by atoms with van der Waals surface area (Å²) in [6, 6.07) is -1.82. The van der Waals surface area contributed by atoms with Crippen molar-refractivity contribution < 1.29 is 22.8 Å². The molecule has 7 nitrogen and oxygen atoms in total. The lowest BCUT2D eigenvalue weighted by Gasteiger charge is -2.21. The molecule has 2 aliphatic carbocycles. The monoisotopic (exact) mass is 393 g/mol. The number of hydrogen-bond donors (Lipinski definition) is 2. The number of aromatic nitrogens is 4. The molecule has 2 aliphatic rings. The standard InChI is InChI=1S/C18H18F3N5O2/c1-7(18(19,20)21)26-9-4-5-10(27)12-14(25-28-15(12)8-2-3-8)11(9)13-16(22)23-6-24-17(13)26/h6-8,10,27H,2-5H2,1H3,(H2,22,23,24). The highest BCUT2D eigenvalue weighted by Crippen LogP contribution is 2.51. The summed E-state index contributed by atoms with van der Waals surface area (Å²) < 4.78 is 47.5. The molecule has 0 aliphatic heterocycles. The van der Waals surface area contributed by atoms with Crippen molar-refractivity contribution in [1.29, 1.82) is 0 Å². The third-order valence-electron chi connectivity index (χ3n) is 5.70. The lowest BCUT2D eigenvalue weighted by atomic mass is 10.0. The van der Waals surface area contributed by atoms with Gasteiger partial charge in [0.2, 0.25) is 0 Å². The van der Waals surface area contributed by atoms with Crippen molar-refractivity contribution in [3.05, 3.63) is 23.3 Å². The third kappa shape index (κ3) is 2.36. The summed E-state index contributed by atoms with van der Waals surface area (Å²) in [5, 5.41) is 15.2. The Morgan fingerprint density at radius 1 is 1.29 bits per heavy atom. The van der Waals surface area contributed by atoms with Crippen molar-refractivity contribution in [2.75, 3.05) is 5.73 Å². The van der Waals surface area contributed by atoms with Gasteiger partial charge in [0.1, 0.15) is 35.3 Å². The van der Waals surface area contributed by atoms with Crippen molar-refractivity contribution in [3.63, 3.8) is 0 Å². The Bertz CT molecular complexity index is 1080. The number of aliphatic hydroxyl groups is 1. The fraction of sp³-hybridized carbons (Fsp3) is 0.500. The summed E-state index contributed by atoms with van der Waals surface area (Å²) in [5.74, 6) is 0.895. The molecule has 3 aromatic heterocycles. The zero-order valence-electron chi connectivity index (χ0n) is 15.0. The fourth-order valence-corrected chi connectivity index (χ4v) is 4.14. The molecule has 0 saturated heterocycles. The van der Waals surface area contributed by atoms with Gasteiger partial charge in [-0.3, -0.25) is 0 Å². The molecule has 3 N–H and O–H groups in total. The topological polar surface area (TPSA) is 103 Å². The summed E-state index contributed by atoms with van der Waals surface area (Å²) in [5.41, 5.74) is 7.90. The van der Waals surface area contributed by atoms with Crippen LogP contribution in [0, 0.1) is 0 Å². The second kappa shape index (κ2) is 5.69. The molecule has 5 rings (SSSR count). The van der Waals surface area contributed by atoms with Crippen LogP contribution in [0.3, 0.4) is 0 Å². The van der Waals surface area contributed by atoms with Crippen LogP contribution in [-0.2, 0) is 6.42 Å². The van der Waals surface area contributed by atoms with E-state index < -0.39 is 18.3 Å². The molecule has 10 heteroatoms. The molecular weight excluding hydrogens is 375 g/mol. The van der Waals surface area contributed by atoms with Crippen LogP contribution < -0.4 is 5.73 Å². The maximum Gasteiger partial charge on any atom is 0.408 e. The quantitative estimate of drug-likeness (QED) is 0.689. The van der Waals surface area contributed by atoms with Gasteiger partial charge in [0, 0.05) is 17.2 Å². The minimum absolute atomic E-state index is 0.0766. The normalized spacial score (nSPS) is 20.7. The predicted octanol–water partition coefficient (Wildman–Crippen LogP) is 3.65. The van der Waals surface area contributed by atoms with Gasteiger partial charge >= 0.3 is 6.18 Å². The van der Waals surface area contributed by atoms with Gasteiger partial charge in [-0.25, -0.2) is 9.97 Å².